The van der Waals surface area contributed by atoms with E-state index < -0.39 is 0 Å². The Labute approximate surface area is 148 Å². The molecule has 3 heterocycles. The summed E-state index contributed by atoms with van der Waals surface area (Å²) in [6.45, 7) is 0. The Morgan fingerprint density at radius 3 is 2.81 bits per heavy atom. The molecule has 7 heteroatoms. The van der Waals surface area contributed by atoms with E-state index in [-0.39, 0.29) is 0 Å². The summed E-state index contributed by atoms with van der Waals surface area (Å²) in [4.78, 5) is 8.48. The lowest BCUT2D eigenvalue weighted by molar-refractivity contribution is 0.448. The van der Waals surface area contributed by atoms with Gasteiger partial charge in [-0.1, -0.05) is 35.5 Å². The highest BCUT2D eigenvalue weighted by Crippen LogP contribution is 2.27. The summed E-state index contributed by atoms with van der Waals surface area (Å²) in [7, 11) is 0. The molecule has 0 aliphatic rings. The molecule has 0 spiro atoms. The number of aromatic nitrogens is 5. The molecule has 0 aliphatic heterocycles. The van der Waals surface area contributed by atoms with Crippen LogP contribution < -0.4 is 5.32 Å². The minimum Gasteiger partial charge on any atom is -0.356 e. The quantitative estimate of drug-likeness (QED) is 0.516. The third-order valence-corrected chi connectivity index (χ3v) is 4.22. The number of aromatic amines is 1. The van der Waals surface area contributed by atoms with Crippen LogP contribution in [0, 0.1) is 0 Å². The van der Waals surface area contributed by atoms with Gasteiger partial charge in [-0.15, -0.1) is 0 Å². The Hall–Kier alpha value is -3.74. The number of hydrogen-bond donors (Lipinski definition) is 2. The van der Waals surface area contributed by atoms with Crippen molar-refractivity contribution in [3.05, 3.63) is 72.2 Å². The van der Waals surface area contributed by atoms with E-state index in [2.05, 4.69) is 42.8 Å². The van der Waals surface area contributed by atoms with Crippen LogP contribution in [0.25, 0.3) is 22.1 Å². The monoisotopic (exact) mass is 342 g/mol. The average Bonchev–Trinajstić information content (AvgIpc) is 3.27. The zero-order valence-corrected chi connectivity index (χ0v) is 13.7. The highest BCUT2D eigenvalue weighted by Gasteiger charge is 2.12. The lowest BCUT2D eigenvalue weighted by Crippen LogP contribution is -1.92. The Morgan fingerprint density at radius 1 is 1.00 bits per heavy atom. The highest BCUT2D eigenvalue weighted by molar-refractivity contribution is 5.88. The highest BCUT2D eigenvalue weighted by atomic mass is 16.5. The van der Waals surface area contributed by atoms with Gasteiger partial charge in [0.15, 0.2) is 22.6 Å². The third kappa shape index (κ3) is 2.55. The number of fused-ring (bicyclic) bond motifs is 2. The third-order valence-electron chi connectivity index (χ3n) is 4.22. The number of rotatable bonds is 4. The van der Waals surface area contributed by atoms with Crippen molar-refractivity contribution in [1.82, 2.24) is 25.3 Å². The van der Waals surface area contributed by atoms with Crippen molar-refractivity contribution in [2.45, 2.75) is 6.42 Å². The van der Waals surface area contributed by atoms with Gasteiger partial charge in [0.1, 0.15) is 0 Å². The SMILES string of the molecule is c1ccc(Cc2noc3cc(Nc4n[nH]c5nccnc45)ccc23)cc1. The number of nitrogens with one attached hydrogen (secondary N) is 2. The second kappa shape index (κ2) is 5.96. The van der Waals surface area contributed by atoms with Gasteiger partial charge >= 0.3 is 0 Å². The maximum Gasteiger partial charge on any atom is 0.180 e. The van der Waals surface area contributed by atoms with E-state index in [9.17, 15) is 0 Å². The van der Waals surface area contributed by atoms with Crippen LogP contribution in [0.5, 0.6) is 0 Å². The summed E-state index contributed by atoms with van der Waals surface area (Å²) in [5, 5.41) is 15.6. The summed E-state index contributed by atoms with van der Waals surface area (Å²) < 4.78 is 5.52. The molecule has 0 saturated heterocycles. The van der Waals surface area contributed by atoms with Crippen LogP contribution in [-0.4, -0.2) is 25.3 Å². The van der Waals surface area contributed by atoms with Crippen molar-refractivity contribution in [3.8, 4) is 0 Å². The first kappa shape index (κ1) is 14.6. The summed E-state index contributed by atoms with van der Waals surface area (Å²) >= 11 is 0. The van der Waals surface area contributed by atoms with Crippen molar-refractivity contribution in [3.63, 3.8) is 0 Å². The lowest BCUT2D eigenvalue weighted by Gasteiger charge is -2.03. The largest absolute Gasteiger partial charge is 0.356 e. The molecule has 0 fully saturated rings. The van der Waals surface area contributed by atoms with E-state index in [1.54, 1.807) is 12.4 Å². The van der Waals surface area contributed by atoms with Crippen molar-refractivity contribution in [1.29, 1.82) is 0 Å². The maximum atomic E-state index is 5.52. The predicted molar refractivity (Wildman–Crippen MR) is 98.2 cm³/mol. The van der Waals surface area contributed by atoms with Crippen molar-refractivity contribution >= 4 is 33.6 Å². The smallest absolute Gasteiger partial charge is 0.180 e. The van der Waals surface area contributed by atoms with Crippen LogP contribution in [0.4, 0.5) is 11.5 Å². The van der Waals surface area contributed by atoms with Gasteiger partial charge < -0.3 is 9.84 Å². The molecule has 2 N–H and O–H groups in total. The zero-order valence-electron chi connectivity index (χ0n) is 13.7. The van der Waals surface area contributed by atoms with Gasteiger partial charge in [-0.25, -0.2) is 9.97 Å². The minimum absolute atomic E-state index is 0.622. The Balaban J connectivity index is 1.45. The van der Waals surface area contributed by atoms with E-state index in [0.29, 0.717) is 17.0 Å². The molecule has 0 amide bonds. The maximum absolute atomic E-state index is 5.52. The Bertz CT molecular complexity index is 1190. The first-order chi connectivity index (χ1) is 12.9. The van der Waals surface area contributed by atoms with Crippen LogP contribution in [0.2, 0.25) is 0 Å². The van der Waals surface area contributed by atoms with Crippen LogP contribution in [0.1, 0.15) is 11.3 Å². The second-order valence-electron chi connectivity index (χ2n) is 5.95. The molecular weight excluding hydrogens is 328 g/mol. The van der Waals surface area contributed by atoms with Crippen molar-refractivity contribution in [2.75, 3.05) is 5.32 Å². The van der Waals surface area contributed by atoms with Crippen molar-refractivity contribution in [2.24, 2.45) is 0 Å². The number of H-pyrrole nitrogens is 1. The molecule has 0 atom stereocenters. The number of anilines is 2. The molecule has 2 aromatic carbocycles. The van der Waals surface area contributed by atoms with Crippen LogP contribution in [0.15, 0.2) is 65.4 Å². The van der Waals surface area contributed by atoms with Crippen LogP contribution in [-0.2, 0) is 6.42 Å². The fourth-order valence-corrected chi connectivity index (χ4v) is 2.96. The summed E-state index contributed by atoms with van der Waals surface area (Å²) in [5.74, 6) is 0.622. The Kier molecular flexibility index (Phi) is 3.35. The molecule has 5 aromatic rings. The summed E-state index contributed by atoms with van der Waals surface area (Å²) in [5.41, 5.74) is 5.03. The number of nitrogens with zero attached hydrogens (tertiary/aromatic N) is 4. The van der Waals surface area contributed by atoms with Gasteiger partial charge in [-0.3, -0.25) is 5.10 Å². The number of benzene rings is 2. The van der Waals surface area contributed by atoms with Gasteiger partial charge in [-0.05, 0) is 17.7 Å². The zero-order chi connectivity index (χ0) is 17.3. The van der Waals surface area contributed by atoms with Gasteiger partial charge in [-0.2, -0.15) is 5.10 Å². The molecule has 26 heavy (non-hydrogen) atoms. The lowest BCUT2D eigenvalue weighted by atomic mass is 10.1. The summed E-state index contributed by atoms with van der Waals surface area (Å²) in [6.07, 6.45) is 4.00. The topological polar surface area (TPSA) is 92.5 Å². The van der Waals surface area contributed by atoms with E-state index in [1.165, 1.54) is 5.56 Å². The molecule has 0 unspecified atom stereocenters. The van der Waals surface area contributed by atoms with Gasteiger partial charge in [0.2, 0.25) is 0 Å². The van der Waals surface area contributed by atoms with Gasteiger partial charge in [0.25, 0.3) is 0 Å². The molecule has 0 saturated carbocycles. The van der Waals surface area contributed by atoms with E-state index >= 15 is 0 Å². The molecule has 0 radical (unpaired) electrons. The molecule has 0 bridgehead atoms. The first-order valence-electron chi connectivity index (χ1n) is 8.21. The van der Waals surface area contributed by atoms with E-state index in [1.807, 2.05) is 36.4 Å². The van der Waals surface area contributed by atoms with Gasteiger partial charge in [0.05, 0.1) is 5.69 Å². The molecule has 126 valence electrons. The average molecular weight is 342 g/mol. The Morgan fingerprint density at radius 2 is 1.88 bits per heavy atom. The van der Waals surface area contributed by atoms with Crippen LogP contribution >= 0.6 is 0 Å². The van der Waals surface area contributed by atoms with Crippen molar-refractivity contribution < 1.29 is 4.52 Å². The second-order valence-corrected chi connectivity index (χ2v) is 5.95. The molecule has 0 aliphatic carbocycles. The van der Waals surface area contributed by atoms with Gasteiger partial charge in [0, 0.05) is 36.0 Å². The summed E-state index contributed by atoms with van der Waals surface area (Å²) in [6, 6.07) is 16.1. The molecular formula is C19H14N6O. The molecule has 5 rings (SSSR count). The first-order valence-corrected chi connectivity index (χ1v) is 8.21. The molecule has 7 nitrogen and oxygen atoms in total. The fraction of sp³-hybridized carbons (Fsp3) is 0.0526. The fourth-order valence-electron chi connectivity index (χ4n) is 2.96. The predicted octanol–water partition coefficient (Wildman–Crippen LogP) is 3.83. The minimum atomic E-state index is 0.622. The van der Waals surface area contributed by atoms with Crippen LogP contribution in [0.3, 0.4) is 0 Å². The van der Waals surface area contributed by atoms with E-state index in [4.69, 9.17) is 4.52 Å². The normalized spacial score (nSPS) is 11.2. The van der Waals surface area contributed by atoms with E-state index in [0.717, 1.165) is 28.8 Å². The molecule has 3 aromatic heterocycles. The number of hydrogen-bond acceptors (Lipinski definition) is 6. The standard InChI is InChI=1S/C19H14N6O/c1-2-4-12(5-3-1)10-15-14-7-6-13(11-16(14)26-25-15)22-19-17-18(23-24-19)21-9-8-20-17/h1-9,11H,10H2,(H2,21,22,23,24).